The standard InChI is InChI=1S/C8H15N3O2/c9-6(12)5-11-7(13)8(10)3-1-2-4-8/h1-5,10H2,(H2,9,12)(H,11,13). The van der Waals surface area contributed by atoms with Crippen LogP contribution in [-0.4, -0.2) is 23.9 Å². The van der Waals surface area contributed by atoms with Gasteiger partial charge in [0.25, 0.3) is 0 Å². The van der Waals surface area contributed by atoms with Gasteiger partial charge in [0.15, 0.2) is 0 Å². The molecule has 5 heteroatoms. The normalized spacial score (nSPS) is 19.8. The zero-order valence-corrected chi connectivity index (χ0v) is 7.51. The maximum atomic E-state index is 11.4. The minimum absolute atomic E-state index is 0.127. The number of rotatable bonds is 3. The van der Waals surface area contributed by atoms with E-state index in [9.17, 15) is 9.59 Å². The highest BCUT2D eigenvalue weighted by Crippen LogP contribution is 2.26. The molecule has 0 heterocycles. The van der Waals surface area contributed by atoms with Crippen LogP contribution in [-0.2, 0) is 9.59 Å². The van der Waals surface area contributed by atoms with E-state index in [2.05, 4.69) is 5.32 Å². The Morgan fingerprint density at radius 1 is 1.31 bits per heavy atom. The Bertz CT molecular complexity index is 221. The summed E-state index contributed by atoms with van der Waals surface area (Å²) in [6, 6.07) is 0. The minimum Gasteiger partial charge on any atom is -0.368 e. The molecule has 0 bridgehead atoms. The Hall–Kier alpha value is -1.10. The van der Waals surface area contributed by atoms with E-state index < -0.39 is 11.4 Å². The second-order valence-corrected chi connectivity index (χ2v) is 3.51. The van der Waals surface area contributed by atoms with E-state index in [1.807, 2.05) is 0 Å². The molecular formula is C8H15N3O2. The van der Waals surface area contributed by atoms with Crippen LogP contribution in [0.2, 0.25) is 0 Å². The minimum atomic E-state index is -0.768. The van der Waals surface area contributed by atoms with Crippen molar-refractivity contribution >= 4 is 11.8 Å². The molecule has 0 spiro atoms. The lowest BCUT2D eigenvalue weighted by molar-refractivity contribution is -0.128. The third kappa shape index (κ3) is 2.42. The topological polar surface area (TPSA) is 98.2 Å². The van der Waals surface area contributed by atoms with Gasteiger partial charge in [-0.05, 0) is 12.8 Å². The van der Waals surface area contributed by atoms with Gasteiger partial charge in [0.1, 0.15) is 0 Å². The zero-order chi connectivity index (χ0) is 9.90. The Labute approximate surface area is 76.8 Å². The summed E-state index contributed by atoms with van der Waals surface area (Å²) >= 11 is 0. The fourth-order valence-corrected chi connectivity index (χ4v) is 1.58. The van der Waals surface area contributed by atoms with Crippen LogP contribution in [0.1, 0.15) is 25.7 Å². The van der Waals surface area contributed by atoms with Gasteiger partial charge >= 0.3 is 0 Å². The molecule has 1 aliphatic rings. The van der Waals surface area contributed by atoms with Crippen LogP contribution in [0.15, 0.2) is 0 Å². The van der Waals surface area contributed by atoms with Gasteiger partial charge in [-0.1, -0.05) is 12.8 Å². The molecule has 1 fully saturated rings. The summed E-state index contributed by atoms with van der Waals surface area (Å²) in [7, 11) is 0. The Morgan fingerprint density at radius 3 is 2.31 bits per heavy atom. The Morgan fingerprint density at radius 2 is 1.85 bits per heavy atom. The SMILES string of the molecule is NC(=O)CNC(=O)C1(N)CCCC1. The first-order valence-electron chi connectivity index (χ1n) is 4.40. The lowest BCUT2D eigenvalue weighted by atomic mass is 9.98. The van der Waals surface area contributed by atoms with Crippen LogP contribution in [0.3, 0.4) is 0 Å². The fourth-order valence-electron chi connectivity index (χ4n) is 1.58. The molecule has 1 saturated carbocycles. The second-order valence-electron chi connectivity index (χ2n) is 3.51. The third-order valence-electron chi connectivity index (χ3n) is 2.37. The highest BCUT2D eigenvalue weighted by Gasteiger charge is 2.36. The maximum Gasteiger partial charge on any atom is 0.240 e. The molecule has 5 nitrogen and oxygen atoms in total. The van der Waals surface area contributed by atoms with Crippen LogP contribution >= 0.6 is 0 Å². The predicted octanol–water partition coefficient (Wildman–Crippen LogP) is -1.14. The van der Waals surface area contributed by atoms with E-state index in [4.69, 9.17) is 11.5 Å². The number of amides is 2. The second kappa shape index (κ2) is 3.74. The van der Waals surface area contributed by atoms with Gasteiger partial charge in [0.05, 0.1) is 12.1 Å². The van der Waals surface area contributed by atoms with Crippen LogP contribution in [0.4, 0.5) is 0 Å². The highest BCUT2D eigenvalue weighted by molar-refractivity contribution is 5.89. The molecule has 0 atom stereocenters. The van der Waals surface area contributed by atoms with E-state index >= 15 is 0 Å². The quantitative estimate of drug-likeness (QED) is 0.518. The molecule has 0 aliphatic heterocycles. The number of nitrogens with two attached hydrogens (primary N) is 2. The molecule has 0 aromatic carbocycles. The monoisotopic (exact) mass is 185 g/mol. The van der Waals surface area contributed by atoms with Gasteiger partial charge in [-0.15, -0.1) is 0 Å². The molecule has 0 aromatic rings. The zero-order valence-electron chi connectivity index (χ0n) is 7.51. The van der Waals surface area contributed by atoms with Gasteiger partial charge < -0.3 is 16.8 Å². The van der Waals surface area contributed by atoms with Crippen molar-refractivity contribution in [3.8, 4) is 0 Å². The largest absolute Gasteiger partial charge is 0.368 e. The summed E-state index contributed by atoms with van der Waals surface area (Å²) in [6.45, 7) is -0.127. The van der Waals surface area contributed by atoms with Crippen LogP contribution < -0.4 is 16.8 Å². The molecule has 13 heavy (non-hydrogen) atoms. The van der Waals surface area contributed by atoms with Gasteiger partial charge in [-0.3, -0.25) is 9.59 Å². The summed E-state index contributed by atoms with van der Waals surface area (Å²) in [4.78, 5) is 21.8. The van der Waals surface area contributed by atoms with Crippen LogP contribution in [0.25, 0.3) is 0 Å². The fraction of sp³-hybridized carbons (Fsp3) is 0.750. The number of hydrogen-bond acceptors (Lipinski definition) is 3. The van der Waals surface area contributed by atoms with E-state index in [0.717, 1.165) is 12.8 Å². The summed E-state index contributed by atoms with van der Waals surface area (Å²) in [5.74, 6) is -0.807. The van der Waals surface area contributed by atoms with Crippen molar-refractivity contribution in [2.75, 3.05) is 6.54 Å². The third-order valence-corrected chi connectivity index (χ3v) is 2.37. The van der Waals surface area contributed by atoms with Crippen molar-refractivity contribution in [3.05, 3.63) is 0 Å². The highest BCUT2D eigenvalue weighted by atomic mass is 16.2. The molecule has 5 N–H and O–H groups in total. The van der Waals surface area contributed by atoms with Gasteiger partial charge in [-0.25, -0.2) is 0 Å². The first-order valence-corrected chi connectivity index (χ1v) is 4.40. The van der Waals surface area contributed by atoms with Crippen molar-refractivity contribution in [2.24, 2.45) is 11.5 Å². The Kier molecular flexibility index (Phi) is 2.87. The summed E-state index contributed by atoms with van der Waals surface area (Å²) < 4.78 is 0. The molecule has 1 rings (SSSR count). The molecule has 2 amide bonds. The van der Waals surface area contributed by atoms with Crippen molar-refractivity contribution in [2.45, 2.75) is 31.2 Å². The summed E-state index contributed by atoms with van der Waals surface area (Å²) in [5.41, 5.74) is 9.94. The molecule has 0 saturated heterocycles. The summed E-state index contributed by atoms with van der Waals surface area (Å²) in [5, 5.41) is 2.43. The number of hydrogen-bond donors (Lipinski definition) is 3. The van der Waals surface area contributed by atoms with Gasteiger partial charge in [0, 0.05) is 0 Å². The average Bonchev–Trinajstić information content (AvgIpc) is 2.49. The van der Waals surface area contributed by atoms with E-state index in [1.54, 1.807) is 0 Å². The lowest BCUT2D eigenvalue weighted by Gasteiger charge is -2.21. The molecule has 0 aromatic heterocycles. The number of carbonyl (C=O) groups excluding carboxylic acids is 2. The van der Waals surface area contributed by atoms with Crippen LogP contribution in [0.5, 0.6) is 0 Å². The van der Waals surface area contributed by atoms with Crippen molar-refractivity contribution in [3.63, 3.8) is 0 Å². The van der Waals surface area contributed by atoms with Gasteiger partial charge in [-0.2, -0.15) is 0 Å². The van der Waals surface area contributed by atoms with E-state index in [0.29, 0.717) is 12.8 Å². The molecule has 1 aliphatic carbocycles. The van der Waals surface area contributed by atoms with Crippen LogP contribution in [0, 0.1) is 0 Å². The molecular weight excluding hydrogens is 170 g/mol. The molecule has 0 unspecified atom stereocenters. The first kappa shape index (κ1) is 9.98. The van der Waals surface area contributed by atoms with Gasteiger partial charge in [0.2, 0.25) is 11.8 Å². The van der Waals surface area contributed by atoms with Crippen molar-refractivity contribution in [1.29, 1.82) is 0 Å². The number of nitrogens with one attached hydrogen (secondary N) is 1. The van der Waals surface area contributed by atoms with Crippen molar-refractivity contribution < 1.29 is 9.59 Å². The average molecular weight is 185 g/mol. The maximum absolute atomic E-state index is 11.4. The van der Waals surface area contributed by atoms with Crippen molar-refractivity contribution in [1.82, 2.24) is 5.32 Å². The first-order chi connectivity index (χ1) is 6.04. The molecule has 0 radical (unpaired) electrons. The predicted molar refractivity (Wildman–Crippen MR) is 47.6 cm³/mol. The number of carbonyl (C=O) groups is 2. The number of primary amides is 1. The lowest BCUT2D eigenvalue weighted by Crippen LogP contribution is -2.53. The smallest absolute Gasteiger partial charge is 0.240 e. The Balaban J connectivity index is 2.42. The molecule has 74 valence electrons. The summed E-state index contributed by atoms with van der Waals surface area (Å²) in [6.07, 6.45) is 3.33. The van der Waals surface area contributed by atoms with E-state index in [-0.39, 0.29) is 12.5 Å². The van der Waals surface area contributed by atoms with E-state index in [1.165, 1.54) is 0 Å².